The fraction of sp³-hybridized carbons (Fsp3) is 0.273. The minimum absolute atomic E-state index is 0.00483. The van der Waals surface area contributed by atoms with Gasteiger partial charge in [-0.05, 0) is 23.8 Å². The Morgan fingerprint density at radius 2 is 1.76 bits per heavy atom. The molecule has 12 heteroatoms. The molecular formula is C22H19ClF4N6O. The SMILES string of the molecule is CC(C)(C)c1cc(C(F)(F)F)n2nc(C(=O)Nc3nn(Cc4ccc(F)cc4)cc3Cl)cc2n1. The Morgan fingerprint density at radius 3 is 2.38 bits per heavy atom. The molecule has 0 aliphatic rings. The molecule has 0 spiro atoms. The lowest BCUT2D eigenvalue weighted by Gasteiger charge is -2.19. The molecule has 34 heavy (non-hydrogen) atoms. The number of hydrogen-bond acceptors (Lipinski definition) is 4. The molecule has 178 valence electrons. The fourth-order valence-electron chi connectivity index (χ4n) is 3.18. The zero-order valence-corrected chi connectivity index (χ0v) is 19.0. The number of aromatic nitrogens is 5. The van der Waals surface area contributed by atoms with Gasteiger partial charge in [0.05, 0.1) is 12.2 Å². The van der Waals surface area contributed by atoms with Crippen LogP contribution in [-0.4, -0.2) is 30.3 Å². The average Bonchev–Trinajstić information content (AvgIpc) is 3.31. The molecule has 4 aromatic rings. The molecule has 1 N–H and O–H groups in total. The third-order valence-corrected chi connectivity index (χ3v) is 5.20. The number of anilines is 1. The van der Waals surface area contributed by atoms with Crippen LogP contribution in [0.5, 0.6) is 0 Å². The van der Waals surface area contributed by atoms with Gasteiger partial charge < -0.3 is 5.32 Å². The summed E-state index contributed by atoms with van der Waals surface area (Å²) in [7, 11) is 0. The number of amides is 1. The summed E-state index contributed by atoms with van der Waals surface area (Å²) >= 11 is 6.16. The molecule has 0 fully saturated rings. The lowest BCUT2D eigenvalue weighted by molar-refractivity contribution is -0.142. The normalized spacial score (nSPS) is 12.4. The van der Waals surface area contributed by atoms with Gasteiger partial charge in [-0.1, -0.05) is 44.5 Å². The van der Waals surface area contributed by atoms with Gasteiger partial charge in [0.1, 0.15) is 16.5 Å². The van der Waals surface area contributed by atoms with Crippen LogP contribution in [0.4, 0.5) is 23.4 Å². The maximum absolute atomic E-state index is 13.7. The number of carbonyl (C=O) groups is 1. The zero-order valence-electron chi connectivity index (χ0n) is 18.3. The van der Waals surface area contributed by atoms with Crippen molar-refractivity contribution in [2.24, 2.45) is 0 Å². The van der Waals surface area contributed by atoms with Crippen LogP contribution in [0, 0.1) is 5.82 Å². The van der Waals surface area contributed by atoms with Gasteiger partial charge in [0.2, 0.25) is 0 Å². The first-order valence-electron chi connectivity index (χ1n) is 10.1. The topological polar surface area (TPSA) is 77.1 Å². The summed E-state index contributed by atoms with van der Waals surface area (Å²) in [5.41, 5.74) is -1.13. The number of fused-ring (bicyclic) bond motifs is 1. The summed E-state index contributed by atoms with van der Waals surface area (Å²) in [4.78, 5) is 17.0. The first-order chi connectivity index (χ1) is 15.8. The van der Waals surface area contributed by atoms with Crippen LogP contribution in [0.15, 0.2) is 42.6 Å². The van der Waals surface area contributed by atoms with E-state index in [2.05, 4.69) is 20.5 Å². The zero-order chi connectivity index (χ0) is 24.8. The van der Waals surface area contributed by atoms with Crippen molar-refractivity contribution >= 4 is 29.0 Å². The first-order valence-corrected chi connectivity index (χ1v) is 10.5. The summed E-state index contributed by atoms with van der Waals surface area (Å²) in [6, 6.07) is 7.87. The van der Waals surface area contributed by atoms with Crippen LogP contribution in [0.1, 0.15) is 48.2 Å². The highest BCUT2D eigenvalue weighted by molar-refractivity contribution is 6.33. The number of halogens is 5. The average molecular weight is 495 g/mol. The predicted molar refractivity (Wildman–Crippen MR) is 117 cm³/mol. The van der Waals surface area contributed by atoms with Crippen LogP contribution in [0.2, 0.25) is 5.02 Å². The monoisotopic (exact) mass is 494 g/mol. The highest BCUT2D eigenvalue weighted by atomic mass is 35.5. The van der Waals surface area contributed by atoms with Crippen molar-refractivity contribution in [1.82, 2.24) is 24.4 Å². The van der Waals surface area contributed by atoms with Gasteiger partial charge in [-0.25, -0.2) is 13.9 Å². The maximum Gasteiger partial charge on any atom is 0.433 e. The van der Waals surface area contributed by atoms with Crippen LogP contribution in [-0.2, 0) is 18.1 Å². The third-order valence-electron chi connectivity index (χ3n) is 4.93. The van der Waals surface area contributed by atoms with Crippen LogP contribution < -0.4 is 5.32 Å². The largest absolute Gasteiger partial charge is 0.433 e. The van der Waals surface area contributed by atoms with Gasteiger partial charge in [-0.3, -0.25) is 9.48 Å². The highest BCUT2D eigenvalue weighted by Crippen LogP contribution is 2.33. The minimum Gasteiger partial charge on any atom is -0.302 e. The van der Waals surface area contributed by atoms with Crippen molar-refractivity contribution in [2.75, 3.05) is 5.32 Å². The van der Waals surface area contributed by atoms with Gasteiger partial charge >= 0.3 is 6.18 Å². The van der Waals surface area contributed by atoms with E-state index in [1.807, 2.05) is 0 Å². The number of nitrogens with zero attached hydrogens (tertiary/aromatic N) is 5. The van der Waals surface area contributed by atoms with Gasteiger partial charge in [-0.2, -0.15) is 23.4 Å². The van der Waals surface area contributed by atoms with E-state index >= 15 is 0 Å². The van der Waals surface area contributed by atoms with Gasteiger partial charge in [0.15, 0.2) is 17.2 Å². The quantitative estimate of drug-likeness (QED) is 0.389. The van der Waals surface area contributed by atoms with E-state index in [0.29, 0.717) is 4.52 Å². The Kier molecular flexibility index (Phi) is 5.84. The van der Waals surface area contributed by atoms with Gasteiger partial charge in [-0.15, -0.1) is 0 Å². The van der Waals surface area contributed by atoms with Crippen molar-refractivity contribution in [1.29, 1.82) is 0 Å². The maximum atomic E-state index is 13.7. The first kappa shape index (κ1) is 23.7. The molecule has 0 bridgehead atoms. The Morgan fingerprint density at radius 1 is 1.09 bits per heavy atom. The van der Waals surface area contributed by atoms with Crippen LogP contribution in [0.3, 0.4) is 0 Å². The van der Waals surface area contributed by atoms with Crippen LogP contribution in [0.25, 0.3) is 5.65 Å². The number of alkyl halides is 3. The second kappa shape index (κ2) is 8.39. The Bertz CT molecular complexity index is 1370. The minimum atomic E-state index is -4.70. The molecular weight excluding hydrogens is 476 g/mol. The fourth-order valence-corrected chi connectivity index (χ4v) is 3.38. The van der Waals surface area contributed by atoms with E-state index in [0.717, 1.165) is 11.6 Å². The van der Waals surface area contributed by atoms with Gasteiger partial charge in [0.25, 0.3) is 5.91 Å². The second-order valence-electron chi connectivity index (χ2n) is 8.68. The molecule has 7 nitrogen and oxygen atoms in total. The van der Waals surface area contributed by atoms with Crippen molar-refractivity contribution in [3.8, 4) is 0 Å². The molecule has 3 aromatic heterocycles. The number of carbonyl (C=O) groups excluding carboxylic acids is 1. The van der Waals surface area contributed by atoms with Crippen molar-refractivity contribution in [3.05, 3.63) is 76.1 Å². The lowest BCUT2D eigenvalue weighted by atomic mass is 9.91. The molecule has 0 atom stereocenters. The molecule has 0 aliphatic carbocycles. The van der Waals surface area contributed by atoms with Crippen molar-refractivity contribution < 1.29 is 22.4 Å². The molecule has 0 saturated heterocycles. The molecule has 1 aromatic carbocycles. The molecule has 0 radical (unpaired) electrons. The third kappa shape index (κ3) is 4.89. The molecule has 0 aliphatic heterocycles. The summed E-state index contributed by atoms with van der Waals surface area (Å²) < 4.78 is 56.1. The Labute approximate surface area is 196 Å². The number of benzene rings is 1. The highest BCUT2D eigenvalue weighted by Gasteiger charge is 2.36. The molecule has 3 heterocycles. The summed E-state index contributed by atoms with van der Waals surface area (Å²) in [6.07, 6.45) is -3.24. The molecule has 0 unspecified atom stereocenters. The van der Waals surface area contributed by atoms with E-state index in [9.17, 15) is 22.4 Å². The number of hydrogen-bond donors (Lipinski definition) is 1. The smallest absolute Gasteiger partial charge is 0.302 e. The standard InChI is InChI=1S/C22H19ClF4N6O/c1-21(2,3)16-9-17(22(25,26)27)33-18(28-16)8-15(30-33)20(34)29-19-14(23)11-32(31-19)10-12-4-6-13(24)7-5-12/h4-9,11H,10H2,1-3H3,(H,29,31,34). The van der Waals surface area contributed by atoms with Crippen molar-refractivity contribution in [3.63, 3.8) is 0 Å². The van der Waals surface area contributed by atoms with E-state index in [4.69, 9.17) is 11.6 Å². The predicted octanol–water partition coefficient (Wildman–Crippen LogP) is 5.34. The summed E-state index contributed by atoms with van der Waals surface area (Å²) in [5.74, 6) is -1.17. The molecule has 0 saturated carbocycles. The van der Waals surface area contributed by atoms with E-state index < -0.39 is 23.2 Å². The van der Waals surface area contributed by atoms with E-state index in [1.165, 1.54) is 29.1 Å². The van der Waals surface area contributed by atoms with E-state index in [-0.39, 0.29) is 40.2 Å². The van der Waals surface area contributed by atoms with Crippen molar-refractivity contribution in [2.45, 2.75) is 38.9 Å². The van der Waals surface area contributed by atoms with Crippen LogP contribution >= 0.6 is 11.6 Å². The molecule has 1 amide bonds. The summed E-state index contributed by atoms with van der Waals surface area (Å²) in [5, 5.41) is 10.6. The summed E-state index contributed by atoms with van der Waals surface area (Å²) in [6.45, 7) is 5.47. The van der Waals surface area contributed by atoms with Gasteiger partial charge in [0, 0.05) is 17.7 Å². The Hall–Kier alpha value is -3.47. The Balaban J connectivity index is 1.62. The number of nitrogens with one attached hydrogen (secondary N) is 1. The molecule has 4 rings (SSSR count). The van der Waals surface area contributed by atoms with E-state index in [1.54, 1.807) is 32.9 Å². The lowest BCUT2D eigenvalue weighted by Crippen LogP contribution is -2.20. The second-order valence-corrected chi connectivity index (χ2v) is 9.08. The number of rotatable bonds is 4.